The SMILES string of the molecule is CCNCc1c(C)oc(C)c1S(=O)(=O)NCCSC. The highest BCUT2D eigenvalue weighted by atomic mass is 32.2. The van der Waals surface area contributed by atoms with Gasteiger partial charge in [0.05, 0.1) is 0 Å². The fraction of sp³-hybridized carbons (Fsp3) is 0.667. The van der Waals surface area contributed by atoms with Crippen molar-refractivity contribution in [2.75, 3.05) is 25.1 Å². The zero-order valence-corrected chi connectivity index (χ0v) is 13.5. The number of rotatable bonds is 8. The predicted octanol–water partition coefficient (Wildman–Crippen LogP) is 1.65. The van der Waals surface area contributed by atoms with E-state index in [2.05, 4.69) is 10.0 Å². The van der Waals surface area contributed by atoms with Gasteiger partial charge in [0, 0.05) is 24.4 Å². The summed E-state index contributed by atoms with van der Waals surface area (Å²) in [5, 5.41) is 3.14. The molecule has 1 heterocycles. The largest absolute Gasteiger partial charge is 0.465 e. The fourth-order valence-corrected chi connectivity index (χ4v) is 3.78. The summed E-state index contributed by atoms with van der Waals surface area (Å²) in [4.78, 5) is 0.284. The molecule has 5 nitrogen and oxygen atoms in total. The summed E-state index contributed by atoms with van der Waals surface area (Å²) >= 11 is 1.60. The van der Waals surface area contributed by atoms with Crippen LogP contribution in [0, 0.1) is 13.8 Å². The Bertz CT molecular complexity index is 509. The second kappa shape index (κ2) is 7.33. The van der Waals surface area contributed by atoms with Gasteiger partial charge in [-0.25, -0.2) is 13.1 Å². The number of hydrogen-bond donors (Lipinski definition) is 2. The number of nitrogens with one attached hydrogen (secondary N) is 2. The average molecular weight is 306 g/mol. The van der Waals surface area contributed by atoms with E-state index in [0.717, 1.165) is 17.9 Å². The first-order valence-electron chi connectivity index (χ1n) is 6.22. The van der Waals surface area contributed by atoms with Crippen LogP contribution in [0.4, 0.5) is 0 Å². The molecule has 0 aromatic carbocycles. The van der Waals surface area contributed by atoms with Crippen molar-refractivity contribution < 1.29 is 12.8 Å². The van der Waals surface area contributed by atoms with E-state index in [1.807, 2.05) is 13.2 Å². The lowest BCUT2D eigenvalue weighted by molar-refractivity contribution is 0.493. The van der Waals surface area contributed by atoms with Gasteiger partial charge in [0.1, 0.15) is 16.4 Å². The molecular formula is C12H22N2O3S2. The number of thioether (sulfide) groups is 1. The van der Waals surface area contributed by atoms with E-state index in [4.69, 9.17) is 4.42 Å². The molecule has 0 aliphatic rings. The third kappa shape index (κ3) is 4.24. The standard InChI is InChI=1S/C12H22N2O3S2/c1-5-13-8-11-9(2)17-10(3)12(11)19(15,16)14-6-7-18-4/h13-14H,5-8H2,1-4H3. The molecule has 0 bridgehead atoms. The van der Waals surface area contributed by atoms with Crippen molar-refractivity contribution in [2.45, 2.75) is 32.2 Å². The summed E-state index contributed by atoms with van der Waals surface area (Å²) in [6.45, 7) is 7.16. The molecule has 1 aromatic rings. The Kier molecular flexibility index (Phi) is 6.38. The maximum atomic E-state index is 12.3. The summed E-state index contributed by atoms with van der Waals surface area (Å²) in [6, 6.07) is 0. The average Bonchev–Trinajstić information content (AvgIpc) is 2.62. The number of sulfonamides is 1. The van der Waals surface area contributed by atoms with Gasteiger partial charge in [-0.1, -0.05) is 6.92 Å². The van der Waals surface area contributed by atoms with E-state index in [1.54, 1.807) is 25.6 Å². The third-order valence-electron chi connectivity index (χ3n) is 2.74. The summed E-state index contributed by atoms with van der Waals surface area (Å²) in [5.74, 6) is 1.85. The quantitative estimate of drug-likeness (QED) is 0.715. The lowest BCUT2D eigenvalue weighted by Gasteiger charge is -2.08. The molecule has 0 saturated carbocycles. The van der Waals surface area contributed by atoms with E-state index >= 15 is 0 Å². The van der Waals surface area contributed by atoms with Crippen molar-refractivity contribution >= 4 is 21.8 Å². The van der Waals surface area contributed by atoms with Crippen LogP contribution in [0.25, 0.3) is 0 Å². The van der Waals surface area contributed by atoms with Crippen molar-refractivity contribution in [2.24, 2.45) is 0 Å². The smallest absolute Gasteiger partial charge is 0.244 e. The molecule has 0 fully saturated rings. The highest BCUT2D eigenvalue weighted by molar-refractivity contribution is 7.98. The monoisotopic (exact) mass is 306 g/mol. The van der Waals surface area contributed by atoms with Gasteiger partial charge in [0.2, 0.25) is 10.0 Å². The third-order valence-corrected chi connectivity index (χ3v) is 5.01. The zero-order valence-electron chi connectivity index (χ0n) is 11.9. The molecule has 2 N–H and O–H groups in total. The summed E-state index contributed by atoms with van der Waals surface area (Å²) in [7, 11) is -3.50. The van der Waals surface area contributed by atoms with Crippen LogP contribution in [0.15, 0.2) is 9.31 Å². The second-order valence-corrected chi connectivity index (χ2v) is 6.88. The van der Waals surface area contributed by atoms with Crippen LogP contribution >= 0.6 is 11.8 Å². The minimum Gasteiger partial charge on any atom is -0.465 e. The number of furan rings is 1. The Morgan fingerprint density at radius 1 is 1.26 bits per heavy atom. The van der Waals surface area contributed by atoms with Gasteiger partial charge < -0.3 is 9.73 Å². The van der Waals surface area contributed by atoms with E-state index in [1.165, 1.54) is 0 Å². The molecule has 0 unspecified atom stereocenters. The van der Waals surface area contributed by atoms with Crippen LogP contribution in [-0.4, -0.2) is 33.5 Å². The maximum absolute atomic E-state index is 12.3. The Hall–Kier alpha value is -0.500. The molecule has 7 heteroatoms. The molecule has 19 heavy (non-hydrogen) atoms. The van der Waals surface area contributed by atoms with Crippen LogP contribution in [0.5, 0.6) is 0 Å². The van der Waals surface area contributed by atoms with Crippen LogP contribution in [0.1, 0.15) is 24.0 Å². The lowest BCUT2D eigenvalue weighted by atomic mass is 10.2. The number of aryl methyl sites for hydroxylation is 2. The lowest BCUT2D eigenvalue weighted by Crippen LogP contribution is -2.27. The van der Waals surface area contributed by atoms with Crippen molar-refractivity contribution in [1.82, 2.24) is 10.0 Å². The van der Waals surface area contributed by atoms with Crippen LogP contribution in [-0.2, 0) is 16.6 Å². The van der Waals surface area contributed by atoms with E-state index in [9.17, 15) is 8.42 Å². The minimum atomic E-state index is -3.50. The normalized spacial score (nSPS) is 12.0. The molecule has 1 aromatic heterocycles. The minimum absolute atomic E-state index is 0.284. The molecule has 0 aliphatic heterocycles. The van der Waals surface area contributed by atoms with Crippen molar-refractivity contribution in [3.8, 4) is 0 Å². The van der Waals surface area contributed by atoms with Gasteiger partial charge in [0.25, 0.3) is 0 Å². The highest BCUT2D eigenvalue weighted by Crippen LogP contribution is 2.26. The molecule has 1 rings (SSSR count). The summed E-state index contributed by atoms with van der Waals surface area (Å²) < 4.78 is 32.7. The van der Waals surface area contributed by atoms with Crippen LogP contribution in [0.2, 0.25) is 0 Å². The van der Waals surface area contributed by atoms with Gasteiger partial charge in [-0.05, 0) is 26.6 Å². The molecule has 0 spiro atoms. The summed E-state index contributed by atoms with van der Waals surface area (Å²) in [5.41, 5.74) is 0.719. The van der Waals surface area contributed by atoms with Crippen molar-refractivity contribution in [3.05, 3.63) is 17.1 Å². The van der Waals surface area contributed by atoms with Gasteiger partial charge in [0.15, 0.2) is 0 Å². The fourth-order valence-electron chi connectivity index (χ4n) is 1.87. The molecule has 0 amide bonds. The molecule has 0 aliphatic carbocycles. The van der Waals surface area contributed by atoms with E-state index in [0.29, 0.717) is 24.6 Å². The van der Waals surface area contributed by atoms with Gasteiger partial charge in [-0.3, -0.25) is 0 Å². The van der Waals surface area contributed by atoms with Crippen LogP contribution in [0.3, 0.4) is 0 Å². The van der Waals surface area contributed by atoms with Gasteiger partial charge >= 0.3 is 0 Å². The molecule has 0 radical (unpaired) electrons. The predicted molar refractivity (Wildman–Crippen MR) is 79.1 cm³/mol. The second-order valence-electron chi connectivity index (χ2n) is 4.19. The maximum Gasteiger partial charge on any atom is 0.244 e. The molecule has 0 atom stereocenters. The molecule has 110 valence electrons. The number of hydrogen-bond acceptors (Lipinski definition) is 5. The van der Waals surface area contributed by atoms with Gasteiger partial charge in [-0.2, -0.15) is 11.8 Å². The first-order valence-corrected chi connectivity index (χ1v) is 9.10. The first kappa shape index (κ1) is 16.6. The van der Waals surface area contributed by atoms with Crippen molar-refractivity contribution in [3.63, 3.8) is 0 Å². The van der Waals surface area contributed by atoms with Crippen molar-refractivity contribution in [1.29, 1.82) is 0 Å². The molecule has 0 saturated heterocycles. The Morgan fingerprint density at radius 2 is 1.95 bits per heavy atom. The topological polar surface area (TPSA) is 71.3 Å². The van der Waals surface area contributed by atoms with Crippen LogP contribution < -0.4 is 10.0 Å². The Labute approximate surface area is 119 Å². The molecular weight excluding hydrogens is 284 g/mol. The van der Waals surface area contributed by atoms with E-state index in [-0.39, 0.29) is 4.90 Å². The Morgan fingerprint density at radius 3 is 2.53 bits per heavy atom. The highest BCUT2D eigenvalue weighted by Gasteiger charge is 2.26. The summed E-state index contributed by atoms with van der Waals surface area (Å²) in [6.07, 6.45) is 1.94. The van der Waals surface area contributed by atoms with Gasteiger partial charge in [-0.15, -0.1) is 0 Å². The zero-order chi connectivity index (χ0) is 14.5. The first-order chi connectivity index (χ1) is 8.94. The Balaban J connectivity index is 3.03. The van der Waals surface area contributed by atoms with E-state index < -0.39 is 10.0 Å².